The number of anilines is 2. The molecule has 2 aliphatic rings. The number of amides is 1. The fourth-order valence-corrected chi connectivity index (χ4v) is 5.65. The zero-order valence-corrected chi connectivity index (χ0v) is 23.9. The Kier molecular flexibility index (Phi) is 10.4. The third-order valence-electron chi connectivity index (χ3n) is 6.44. The predicted molar refractivity (Wildman–Crippen MR) is 154 cm³/mol. The lowest BCUT2D eigenvalue weighted by molar-refractivity contribution is -0.137. The van der Waals surface area contributed by atoms with Crippen LogP contribution in [0, 0.1) is 0 Å². The second-order valence-corrected chi connectivity index (χ2v) is 11.2. The number of sulfonamides is 1. The number of carbonyl (C=O) groups is 2. The average Bonchev–Trinajstić information content (AvgIpc) is 2.97. The Hall–Kier alpha value is -4.11. The van der Waals surface area contributed by atoms with Gasteiger partial charge in [-0.15, -0.1) is 0 Å². The number of hydrogen-bond acceptors (Lipinski definition) is 10. The molecule has 0 aliphatic carbocycles. The SMILES string of the molecule is CCc1cccc2c1OCCOCCOCCN(CCC(=O)O)S(=O)(=O)c1ccc(cc1)-c1cnc(N)c(n1)C(=O)N2. The molecule has 2 aliphatic heterocycles. The molecule has 3 heterocycles. The second-order valence-electron chi connectivity index (χ2n) is 9.24. The maximum atomic E-state index is 13.4. The number of aryl methyl sites for hydroxylation is 1. The summed E-state index contributed by atoms with van der Waals surface area (Å²) in [5.41, 5.74) is 8.03. The predicted octanol–water partition coefficient (Wildman–Crippen LogP) is 2.43. The van der Waals surface area contributed by atoms with Crippen molar-refractivity contribution in [2.24, 2.45) is 0 Å². The number of nitrogens with two attached hydrogens (primary N) is 1. The van der Waals surface area contributed by atoms with Gasteiger partial charge in [-0.25, -0.2) is 18.4 Å². The number of nitrogens with one attached hydrogen (secondary N) is 1. The molecule has 4 N–H and O–H groups in total. The molecule has 0 fully saturated rings. The quantitative estimate of drug-likeness (QED) is 0.374. The van der Waals surface area contributed by atoms with E-state index in [4.69, 9.17) is 25.1 Å². The summed E-state index contributed by atoms with van der Waals surface area (Å²) in [6.45, 7) is 2.64. The monoisotopic (exact) mass is 599 g/mol. The van der Waals surface area contributed by atoms with Crippen molar-refractivity contribution in [3.05, 3.63) is 59.9 Å². The van der Waals surface area contributed by atoms with Gasteiger partial charge in [0.1, 0.15) is 12.4 Å². The summed E-state index contributed by atoms with van der Waals surface area (Å²) < 4.78 is 44.9. The van der Waals surface area contributed by atoms with Gasteiger partial charge in [0.25, 0.3) is 5.91 Å². The third-order valence-corrected chi connectivity index (χ3v) is 8.35. The van der Waals surface area contributed by atoms with Crippen LogP contribution in [0.5, 0.6) is 5.75 Å². The van der Waals surface area contributed by atoms with Crippen molar-refractivity contribution in [3.8, 4) is 17.0 Å². The van der Waals surface area contributed by atoms with Crippen LogP contribution in [-0.2, 0) is 30.7 Å². The number of carbonyl (C=O) groups excluding carboxylic acids is 1. The number of ether oxygens (including phenoxy) is 3. The highest BCUT2D eigenvalue weighted by Gasteiger charge is 2.25. The molecule has 0 spiro atoms. The molecule has 0 saturated heterocycles. The zero-order chi connectivity index (χ0) is 30.1. The maximum Gasteiger partial charge on any atom is 0.304 e. The number of aliphatic carboxylic acids is 1. The molecule has 42 heavy (non-hydrogen) atoms. The van der Waals surface area contributed by atoms with Gasteiger partial charge in [0, 0.05) is 18.7 Å². The Labute approximate surface area is 243 Å². The largest absolute Gasteiger partial charge is 0.489 e. The molecule has 0 unspecified atom stereocenters. The number of para-hydroxylation sites is 1. The summed E-state index contributed by atoms with van der Waals surface area (Å²) >= 11 is 0. The molecule has 14 heteroatoms. The van der Waals surface area contributed by atoms with Gasteiger partial charge in [-0.2, -0.15) is 4.31 Å². The molecule has 0 atom stereocenters. The summed E-state index contributed by atoms with van der Waals surface area (Å²) in [4.78, 5) is 32.9. The Balaban J connectivity index is 1.68. The first-order valence-corrected chi connectivity index (χ1v) is 14.8. The first-order valence-electron chi connectivity index (χ1n) is 13.4. The molecule has 3 aromatic rings. The van der Waals surface area contributed by atoms with Crippen LogP contribution in [0.15, 0.2) is 53.6 Å². The first-order chi connectivity index (χ1) is 20.2. The number of hydrogen-bond donors (Lipinski definition) is 3. The Morgan fingerprint density at radius 2 is 1.79 bits per heavy atom. The van der Waals surface area contributed by atoms with Crippen LogP contribution in [0.1, 0.15) is 29.4 Å². The average molecular weight is 600 g/mol. The number of benzene rings is 2. The van der Waals surface area contributed by atoms with Crippen molar-refractivity contribution < 1.29 is 37.3 Å². The van der Waals surface area contributed by atoms with E-state index >= 15 is 0 Å². The van der Waals surface area contributed by atoms with E-state index in [1.165, 1.54) is 30.5 Å². The third kappa shape index (κ3) is 7.59. The number of carboxylic acid groups (broad SMARTS) is 1. The smallest absolute Gasteiger partial charge is 0.304 e. The van der Waals surface area contributed by atoms with Gasteiger partial charge in [0.2, 0.25) is 10.0 Å². The van der Waals surface area contributed by atoms with Gasteiger partial charge >= 0.3 is 5.97 Å². The molecular weight excluding hydrogens is 566 g/mol. The van der Waals surface area contributed by atoms with Gasteiger partial charge in [0.15, 0.2) is 11.5 Å². The molecule has 1 aromatic heterocycles. The van der Waals surface area contributed by atoms with Crippen LogP contribution in [0.2, 0.25) is 0 Å². The normalized spacial score (nSPS) is 16.7. The van der Waals surface area contributed by atoms with E-state index in [1.54, 1.807) is 6.07 Å². The van der Waals surface area contributed by atoms with E-state index in [-0.39, 0.29) is 69.0 Å². The molecular formula is C28H33N5O8S. The maximum absolute atomic E-state index is 13.4. The van der Waals surface area contributed by atoms with Crippen molar-refractivity contribution in [3.63, 3.8) is 0 Å². The van der Waals surface area contributed by atoms with Crippen LogP contribution in [0.3, 0.4) is 0 Å². The van der Waals surface area contributed by atoms with E-state index in [9.17, 15) is 18.0 Å². The molecule has 2 aromatic carbocycles. The zero-order valence-electron chi connectivity index (χ0n) is 23.1. The molecule has 13 nitrogen and oxygen atoms in total. The van der Waals surface area contributed by atoms with Crippen molar-refractivity contribution in [2.45, 2.75) is 24.7 Å². The van der Waals surface area contributed by atoms with Gasteiger partial charge in [-0.1, -0.05) is 31.2 Å². The lowest BCUT2D eigenvalue weighted by Crippen LogP contribution is -2.36. The molecule has 0 saturated carbocycles. The highest BCUT2D eigenvalue weighted by Crippen LogP contribution is 2.30. The molecule has 224 valence electrons. The topological polar surface area (TPSA) is 183 Å². The summed E-state index contributed by atoms with van der Waals surface area (Å²) in [6, 6.07) is 11.3. The summed E-state index contributed by atoms with van der Waals surface area (Å²) in [5, 5.41) is 11.9. The second kappa shape index (κ2) is 14.2. The van der Waals surface area contributed by atoms with Crippen molar-refractivity contribution in [1.82, 2.24) is 14.3 Å². The van der Waals surface area contributed by atoms with Crippen LogP contribution < -0.4 is 15.8 Å². The molecule has 0 radical (unpaired) electrons. The van der Waals surface area contributed by atoms with Crippen molar-refractivity contribution in [1.29, 1.82) is 0 Å². The standard InChI is InChI=1S/C28H33N5O8S/c1-2-19-4-3-5-22-26(19)41-17-16-40-15-14-39-13-12-33(11-10-24(34)35)42(37,38)21-8-6-20(7-9-21)23-18-30-27(29)25(31-23)28(36)32-22/h3-9,18H,2,10-17H2,1H3,(H2,29,30)(H,32,36)(H,34,35). The van der Waals surface area contributed by atoms with Gasteiger partial charge < -0.3 is 30.4 Å². The highest BCUT2D eigenvalue weighted by molar-refractivity contribution is 7.89. The number of carboxylic acids is 1. The fraction of sp³-hybridized carbons (Fsp3) is 0.357. The number of rotatable bonds is 4. The minimum atomic E-state index is -4.04. The van der Waals surface area contributed by atoms with Crippen LogP contribution in [0.25, 0.3) is 11.3 Å². The lowest BCUT2D eigenvalue weighted by atomic mass is 10.1. The number of nitrogens with zero attached hydrogens (tertiary/aromatic N) is 3. The van der Waals surface area contributed by atoms with Crippen LogP contribution in [-0.4, -0.2) is 85.8 Å². The molecule has 4 bridgehead atoms. The summed E-state index contributed by atoms with van der Waals surface area (Å²) in [6.07, 6.45) is 1.69. The minimum absolute atomic E-state index is 0.0354. The molecule has 5 rings (SSSR count). The van der Waals surface area contributed by atoms with E-state index in [1.807, 2.05) is 19.1 Å². The van der Waals surface area contributed by atoms with Crippen molar-refractivity contribution in [2.75, 3.05) is 57.2 Å². The van der Waals surface area contributed by atoms with Gasteiger partial charge in [-0.05, 0) is 30.2 Å². The van der Waals surface area contributed by atoms with E-state index < -0.39 is 21.9 Å². The number of aromatic nitrogens is 2. The number of nitrogen functional groups attached to an aromatic ring is 1. The van der Waals surface area contributed by atoms with Gasteiger partial charge in [0.05, 0.1) is 55.3 Å². The Bertz CT molecular complexity index is 1520. The van der Waals surface area contributed by atoms with E-state index in [2.05, 4.69) is 15.3 Å². The fourth-order valence-electron chi connectivity index (χ4n) is 4.23. The minimum Gasteiger partial charge on any atom is -0.489 e. The van der Waals surface area contributed by atoms with Crippen molar-refractivity contribution >= 4 is 33.4 Å². The van der Waals surface area contributed by atoms with Crippen LogP contribution >= 0.6 is 0 Å². The first kappa shape index (κ1) is 30.8. The lowest BCUT2D eigenvalue weighted by Gasteiger charge is -2.22. The van der Waals surface area contributed by atoms with Crippen LogP contribution in [0.4, 0.5) is 11.5 Å². The Morgan fingerprint density at radius 1 is 1.07 bits per heavy atom. The van der Waals surface area contributed by atoms with E-state index in [0.717, 1.165) is 9.87 Å². The Morgan fingerprint density at radius 3 is 2.50 bits per heavy atom. The molecule has 1 amide bonds. The summed E-state index contributed by atoms with van der Waals surface area (Å²) in [7, 11) is -4.04. The van der Waals surface area contributed by atoms with Gasteiger partial charge in [-0.3, -0.25) is 9.59 Å². The summed E-state index contributed by atoms with van der Waals surface area (Å²) in [5.74, 6) is -1.28. The highest BCUT2D eigenvalue weighted by atomic mass is 32.2. The van der Waals surface area contributed by atoms with E-state index in [0.29, 0.717) is 29.1 Å². The number of fused-ring (bicyclic) bond motifs is 13.